The van der Waals surface area contributed by atoms with Crippen molar-refractivity contribution in [2.75, 3.05) is 12.4 Å². The van der Waals surface area contributed by atoms with E-state index in [2.05, 4.69) is 22.2 Å². The van der Waals surface area contributed by atoms with Gasteiger partial charge in [0.1, 0.15) is 11.6 Å². The molecule has 17 heavy (non-hydrogen) atoms. The maximum Gasteiger partial charge on any atom is 0.137 e. The number of anilines is 1. The van der Waals surface area contributed by atoms with E-state index in [1.807, 2.05) is 22.9 Å². The Balaban J connectivity index is 1.91. The predicted molar refractivity (Wildman–Crippen MR) is 66.1 cm³/mol. The van der Waals surface area contributed by atoms with Crippen molar-refractivity contribution in [3.8, 4) is 5.75 Å². The lowest BCUT2D eigenvalue weighted by molar-refractivity contribution is 0.413. The van der Waals surface area contributed by atoms with Gasteiger partial charge in [-0.2, -0.15) is 0 Å². The van der Waals surface area contributed by atoms with E-state index in [4.69, 9.17) is 4.74 Å². The molecule has 0 spiro atoms. The smallest absolute Gasteiger partial charge is 0.137 e. The highest BCUT2D eigenvalue weighted by Gasteiger charge is 2.03. The Morgan fingerprint density at radius 1 is 1.47 bits per heavy atom. The highest BCUT2D eigenvalue weighted by Crippen LogP contribution is 2.12. The quantitative estimate of drug-likeness (QED) is 0.853. The molecule has 0 aromatic carbocycles. The Kier molecular flexibility index (Phi) is 3.59. The van der Waals surface area contributed by atoms with Crippen LogP contribution in [-0.4, -0.2) is 27.7 Å². The number of rotatable bonds is 5. The molecule has 2 rings (SSSR count). The lowest BCUT2D eigenvalue weighted by Crippen LogP contribution is -2.21. The van der Waals surface area contributed by atoms with Crippen LogP contribution in [-0.2, 0) is 6.54 Å². The number of nitrogens with one attached hydrogen (secondary N) is 1. The molecular weight excluding hydrogens is 216 g/mol. The molecule has 90 valence electrons. The van der Waals surface area contributed by atoms with Crippen LogP contribution in [0.1, 0.15) is 6.92 Å². The summed E-state index contributed by atoms with van der Waals surface area (Å²) < 4.78 is 7.09. The van der Waals surface area contributed by atoms with Gasteiger partial charge in [-0.25, -0.2) is 9.97 Å². The van der Waals surface area contributed by atoms with Gasteiger partial charge in [0.05, 0.1) is 19.6 Å². The Bertz CT molecular complexity index is 438. The molecule has 1 atom stereocenters. The number of hydrogen-bond donors (Lipinski definition) is 1. The molecular formula is C12H16N4O. The summed E-state index contributed by atoms with van der Waals surface area (Å²) in [5, 5.41) is 3.32. The average molecular weight is 232 g/mol. The van der Waals surface area contributed by atoms with Crippen molar-refractivity contribution in [2.24, 2.45) is 0 Å². The van der Waals surface area contributed by atoms with Crippen LogP contribution in [0.15, 0.2) is 37.1 Å². The Hall–Kier alpha value is -2.04. The van der Waals surface area contributed by atoms with Crippen LogP contribution >= 0.6 is 0 Å². The molecule has 1 unspecified atom stereocenters. The Labute approximate surface area is 100 Å². The molecule has 5 nitrogen and oxygen atoms in total. The van der Waals surface area contributed by atoms with Gasteiger partial charge >= 0.3 is 0 Å². The van der Waals surface area contributed by atoms with Gasteiger partial charge in [0.25, 0.3) is 0 Å². The van der Waals surface area contributed by atoms with E-state index in [9.17, 15) is 0 Å². The van der Waals surface area contributed by atoms with E-state index in [1.165, 1.54) is 0 Å². The summed E-state index contributed by atoms with van der Waals surface area (Å²) in [4.78, 5) is 8.27. The van der Waals surface area contributed by atoms with Crippen LogP contribution in [0.5, 0.6) is 5.75 Å². The number of methoxy groups -OCH3 is 1. The summed E-state index contributed by atoms with van der Waals surface area (Å²) in [5.41, 5.74) is 0. The summed E-state index contributed by atoms with van der Waals surface area (Å²) in [6, 6.07) is 4.08. The summed E-state index contributed by atoms with van der Waals surface area (Å²) in [6.45, 7) is 2.96. The van der Waals surface area contributed by atoms with Crippen LogP contribution in [0.4, 0.5) is 5.82 Å². The molecule has 1 N–H and O–H groups in total. The van der Waals surface area contributed by atoms with Crippen LogP contribution in [0.2, 0.25) is 0 Å². The summed E-state index contributed by atoms with van der Waals surface area (Å²) in [7, 11) is 1.63. The van der Waals surface area contributed by atoms with Gasteiger partial charge in [-0.15, -0.1) is 0 Å². The van der Waals surface area contributed by atoms with Crippen LogP contribution in [0.3, 0.4) is 0 Å². The zero-order valence-corrected chi connectivity index (χ0v) is 10.00. The third kappa shape index (κ3) is 3.21. The van der Waals surface area contributed by atoms with Gasteiger partial charge < -0.3 is 14.6 Å². The van der Waals surface area contributed by atoms with E-state index in [1.54, 1.807) is 25.8 Å². The number of hydrogen-bond acceptors (Lipinski definition) is 4. The van der Waals surface area contributed by atoms with Crippen molar-refractivity contribution in [1.82, 2.24) is 14.5 Å². The lowest BCUT2D eigenvalue weighted by atomic mass is 10.3. The second-order valence-electron chi connectivity index (χ2n) is 3.89. The fourth-order valence-electron chi connectivity index (χ4n) is 1.60. The molecule has 0 radical (unpaired) electrons. The first-order valence-electron chi connectivity index (χ1n) is 5.50. The molecule has 2 aromatic rings. The highest BCUT2D eigenvalue weighted by molar-refractivity contribution is 5.38. The first-order valence-corrected chi connectivity index (χ1v) is 5.50. The molecule has 0 saturated carbocycles. The molecule has 0 fully saturated rings. The monoisotopic (exact) mass is 232 g/mol. The fourth-order valence-corrected chi connectivity index (χ4v) is 1.60. The van der Waals surface area contributed by atoms with Gasteiger partial charge in [-0.1, -0.05) is 0 Å². The van der Waals surface area contributed by atoms with Crippen molar-refractivity contribution in [2.45, 2.75) is 19.5 Å². The van der Waals surface area contributed by atoms with Gasteiger partial charge in [0, 0.05) is 25.0 Å². The molecule has 0 amide bonds. The van der Waals surface area contributed by atoms with Crippen molar-refractivity contribution in [3.05, 3.63) is 37.1 Å². The Morgan fingerprint density at radius 3 is 2.94 bits per heavy atom. The highest BCUT2D eigenvalue weighted by atomic mass is 16.5. The van der Waals surface area contributed by atoms with E-state index >= 15 is 0 Å². The van der Waals surface area contributed by atoms with Crippen molar-refractivity contribution in [3.63, 3.8) is 0 Å². The Morgan fingerprint density at radius 2 is 2.35 bits per heavy atom. The molecule has 2 aromatic heterocycles. The van der Waals surface area contributed by atoms with E-state index < -0.39 is 0 Å². The number of pyridine rings is 1. The number of nitrogens with zero attached hydrogens (tertiary/aromatic N) is 3. The SMILES string of the molecule is COc1ccc(NC(C)Cn2ccnc2)nc1. The molecule has 0 bridgehead atoms. The third-order valence-corrected chi connectivity index (χ3v) is 2.41. The van der Waals surface area contributed by atoms with E-state index in [0.29, 0.717) is 0 Å². The average Bonchev–Trinajstić information content (AvgIpc) is 2.82. The maximum atomic E-state index is 5.06. The minimum absolute atomic E-state index is 0.282. The van der Waals surface area contributed by atoms with Gasteiger partial charge in [-0.05, 0) is 19.1 Å². The minimum atomic E-state index is 0.282. The van der Waals surface area contributed by atoms with Crippen LogP contribution in [0, 0.1) is 0 Å². The van der Waals surface area contributed by atoms with Gasteiger partial charge in [0.15, 0.2) is 0 Å². The summed E-state index contributed by atoms with van der Waals surface area (Å²) >= 11 is 0. The number of ether oxygens (including phenoxy) is 1. The maximum absolute atomic E-state index is 5.06. The van der Waals surface area contributed by atoms with E-state index in [0.717, 1.165) is 18.1 Å². The largest absolute Gasteiger partial charge is 0.495 e. The standard InChI is InChI=1S/C12H16N4O/c1-10(8-16-6-5-13-9-16)15-12-4-3-11(17-2)7-14-12/h3-7,9-10H,8H2,1-2H3,(H,14,15). The van der Waals surface area contributed by atoms with Crippen molar-refractivity contribution in [1.29, 1.82) is 0 Å². The van der Waals surface area contributed by atoms with Crippen molar-refractivity contribution >= 4 is 5.82 Å². The topological polar surface area (TPSA) is 52.0 Å². The predicted octanol–water partition coefficient (Wildman–Crippen LogP) is 1.79. The normalized spacial score (nSPS) is 12.1. The van der Waals surface area contributed by atoms with Crippen molar-refractivity contribution < 1.29 is 4.74 Å². The molecule has 0 aliphatic rings. The third-order valence-electron chi connectivity index (χ3n) is 2.41. The minimum Gasteiger partial charge on any atom is -0.495 e. The lowest BCUT2D eigenvalue weighted by Gasteiger charge is -2.15. The molecule has 0 aliphatic heterocycles. The molecule has 0 saturated heterocycles. The second-order valence-corrected chi connectivity index (χ2v) is 3.89. The zero-order chi connectivity index (χ0) is 12.1. The summed E-state index contributed by atoms with van der Waals surface area (Å²) in [6.07, 6.45) is 7.23. The number of aromatic nitrogens is 3. The molecule has 2 heterocycles. The first kappa shape index (κ1) is 11.4. The molecule has 5 heteroatoms. The second kappa shape index (κ2) is 5.34. The van der Waals surface area contributed by atoms with Crippen LogP contribution in [0.25, 0.3) is 0 Å². The van der Waals surface area contributed by atoms with Crippen LogP contribution < -0.4 is 10.1 Å². The fraction of sp³-hybridized carbons (Fsp3) is 0.333. The first-order chi connectivity index (χ1) is 8.28. The van der Waals surface area contributed by atoms with Gasteiger partial charge in [0.2, 0.25) is 0 Å². The number of imidazole rings is 1. The summed E-state index contributed by atoms with van der Waals surface area (Å²) in [5.74, 6) is 1.61. The van der Waals surface area contributed by atoms with Gasteiger partial charge in [-0.3, -0.25) is 0 Å². The van der Waals surface area contributed by atoms with E-state index in [-0.39, 0.29) is 6.04 Å². The zero-order valence-electron chi connectivity index (χ0n) is 10.00. The molecule has 0 aliphatic carbocycles.